The highest BCUT2D eigenvalue weighted by atomic mass is 32.2. The van der Waals surface area contributed by atoms with Gasteiger partial charge in [-0.3, -0.25) is 0 Å². The van der Waals surface area contributed by atoms with Crippen LogP contribution in [-0.4, -0.2) is 20.3 Å². The van der Waals surface area contributed by atoms with E-state index in [-0.39, 0.29) is 12.2 Å². The molecule has 0 spiro atoms. The normalized spacial score (nSPS) is 13.0. The summed E-state index contributed by atoms with van der Waals surface area (Å²) in [5.41, 5.74) is 2.52. The highest BCUT2D eigenvalue weighted by Gasteiger charge is 2.19. The summed E-state index contributed by atoms with van der Waals surface area (Å²) in [6.45, 7) is 8.77. The van der Waals surface area contributed by atoms with Gasteiger partial charge in [0.05, 0.1) is 9.40 Å². The van der Waals surface area contributed by atoms with Gasteiger partial charge in [0.25, 0.3) is 0 Å². The molecule has 0 saturated heterocycles. The van der Waals surface area contributed by atoms with Crippen LogP contribution in [0.5, 0.6) is 0 Å². The fraction of sp³-hybridized carbons (Fsp3) is 0.385. The van der Waals surface area contributed by atoms with Crippen molar-refractivity contribution in [2.75, 3.05) is 11.5 Å². The van der Waals surface area contributed by atoms with E-state index in [0.717, 1.165) is 30.8 Å². The van der Waals surface area contributed by atoms with Gasteiger partial charge < -0.3 is 9.47 Å². The predicted octanol–water partition coefficient (Wildman–Crippen LogP) is 15.7. The molecule has 0 amide bonds. The van der Waals surface area contributed by atoms with Gasteiger partial charge in [0.15, 0.2) is 0 Å². The molecule has 0 fully saturated rings. The predicted molar refractivity (Wildman–Crippen MR) is 234 cm³/mol. The summed E-state index contributed by atoms with van der Waals surface area (Å²) in [6, 6.07) is 22.8. The number of ether oxygens (including phenoxy) is 2. The second-order valence-electron chi connectivity index (χ2n) is 12.0. The number of thioether (sulfide) groups is 2. The van der Waals surface area contributed by atoms with Crippen molar-refractivity contribution in [3.8, 4) is 20.9 Å². The molecule has 10 heteroatoms. The molecule has 49 heavy (non-hydrogen) atoms. The Bertz CT molecular complexity index is 2030. The molecule has 2 aromatic carbocycles. The molecule has 0 radical (unpaired) electrons. The Hall–Kier alpha value is -1.50. The lowest BCUT2D eigenvalue weighted by molar-refractivity contribution is 0.204. The van der Waals surface area contributed by atoms with Crippen molar-refractivity contribution in [2.24, 2.45) is 0 Å². The molecule has 0 bridgehead atoms. The minimum atomic E-state index is 0.0109. The van der Waals surface area contributed by atoms with Crippen LogP contribution < -0.4 is 0 Å². The maximum absolute atomic E-state index is 6.24. The van der Waals surface area contributed by atoms with Gasteiger partial charge in [-0.1, -0.05) is 94.7 Å². The second kappa shape index (κ2) is 17.8. The van der Waals surface area contributed by atoms with E-state index >= 15 is 0 Å². The molecule has 4 heterocycles. The van der Waals surface area contributed by atoms with Crippen LogP contribution >= 0.6 is 93.3 Å². The number of hydrogen-bond donors (Lipinski definition) is 0. The number of fused-ring (bicyclic) bond motifs is 5. The summed E-state index contributed by atoms with van der Waals surface area (Å²) >= 11 is 21.9. The highest BCUT2D eigenvalue weighted by Crippen LogP contribution is 2.47. The maximum atomic E-state index is 6.24. The minimum absolute atomic E-state index is 0.0109. The van der Waals surface area contributed by atoms with Crippen molar-refractivity contribution < 1.29 is 9.47 Å². The van der Waals surface area contributed by atoms with Gasteiger partial charge in [-0.2, -0.15) is 0 Å². The van der Waals surface area contributed by atoms with Crippen LogP contribution in [-0.2, 0) is 9.47 Å². The summed E-state index contributed by atoms with van der Waals surface area (Å²) in [5, 5.41) is 2.69. The third-order valence-electron chi connectivity index (χ3n) is 8.44. The Morgan fingerprint density at radius 1 is 0.592 bits per heavy atom. The smallest absolute Gasteiger partial charge is 0.220 e. The van der Waals surface area contributed by atoms with E-state index in [2.05, 4.69) is 88.4 Å². The van der Waals surface area contributed by atoms with Crippen LogP contribution in [0.25, 0.3) is 50.5 Å². The van der Waals surface area contributed by atoms with Crippen molar-refractivity contribution in [2.45, 2.75) is 84.8 Å². The van der Waals surface area contributed by atoms with Crippen molar-refractivity contribution >= 4 is 132 Å². The van der Waals surface area contributed by atoms with Crippen molar-refractivity contribution in [1.29, 1.82) is 0 Å². The Labute approximate surface area is 326 Å². The SMILES string of the molecule is CCCCCSC(=S)OC(CC)c1ccc(-c2ccc3c(c2)sc2c4ccc(-c5ccc(C(CC)OC(=S)SCCCC)s5)cc4sc32)s1. The molecular formula is C39H42O2S8. The van der Waals surface area contributed by atoms with Gasteiger partial charge in [0, 0.05) is 51.2 Å². The lowest BCUT2D eigenvalue weighted by Gasteiger charge is -2.16. The van der Waals surface area contributed by atoms with E-state index < -0.39 is 0 Å². The monoisotopic (exact) mass is 798 g/mol. The summed E-state index contributed by atoms with van der Waals surface area (Å²) in [7, 11) is 0. The van der Waals surface area contributed by atoms with Crippen LogP contribution in [0.15, 0.2) is 60.7 Å². The Morgan fingerprint density at radius 2 is 1.06 bits per heavy atom. The quantitative estimate of drug-likeness (QED) is 0.0755. The van der Waals surface area contributed by atoms with E-state index in [0.29, 0.717) is 8.77 Å². The molecule has 2 nitrogen and oxygen atoms in total. The zero-order chi connectivity index (χ0) is 34.3. The van der Waals surface area contributed by atoms with Gasteiger partial charge in [-0.15, -0.1) is 45.3 Å². The molecule has 0 saturated carbocycles. The number of hydrogen-bond acceptors (Lipinski definition) is 10. The van der Waals surface area contributed by atoms with Crippen LogP contribution in [0.3, 0.4) is 0 Å². The number of unbranched alkanes of at least 4 members (excludes halogenated alkanes) is 3. The van der Waals surface area contributed by atoms with Crippen LogP contribution in [0.1, 0.15) is 94.6 Å². The second-order valence-corrected chi connectivity index (χ2v) is 19.7. The Morgan fingerprint density at radius 3 is 1.51 bits per heavy atom. The Kier molecular flexibility index (Phi) is 13.6. The number of rotatable bonds is 15. The van der Waals surface area contributed by atoms with Gasteiger partial charge in [0.1, 0.15) is 12.2 Å². The minimum Gasteiger partial charge on any atom is -0.470 e. The number of benzene rings is 2. The zero-order valence-electron chi connectivity index (χ0n) is 28.4. The van der Waals surface area contributed by atoms with E-state index in [1.165, 1.54) is 85.9 Å². The first-order valence-electron chi connectivity index (χ1n) is 17.2. The van der Waals surface area contributed by atoms with Crippen LogP contribution in [0, 0.1) is 0 Å². The lowest BCUT2D eigenvalue weighted by atomic mass is 10.1. The van der Waals surface area contributed by atoms with Gasteiger partial charge in [0.2, 0.25) is 8.77 Å². The van der Waals surface area contributed by atoms with Crippen molar-refractivity contribution in [3.63, 3.8) is 0 Å². The zero-order valence-corrected chi connectivity index (χ0v) is 34.9. The summed E-state index contributed by atoms with van der Waals surface area (Å²) < 4.78 is 19.2. The molecule has 0 aliphatic heterocycles. The average Bonchev–Trinajstić information content (AvgIpc) is 3.92. The van der Waals surface area contributed by atoms with Crippen LogP contribution in [0.2, 0.25) is 0 Å². The molecule has 2 unspecified atom stereocenters. The van der Waals surface area contributed by atoms with Gasteiger partial charge in [-0.05, 0) is 97.6 Å². The van der Waals surface area contributed by atoms with E-state index in [9.17, 15) is 0 Å². The average molecular weight is 799 g/mol. The molecule has 4 aromatic heterocycles. The van der Waals surface area contributed by atoms with Gasteiger partial charge in [-0.25, -0.2) is 0 Å². The maximum Gasteiger partial charge on any atom is 0.220 e. The molecule has 2 atom stereocenters. The fourth-order valence-electron chi connectivity index (χ4n) is 5.72. The van der Waals surface area contributed by atoms with Crippen molar-refractivity contribution in [3.05, 3.63) is 70.4 Å². The Balaban J connectivity index is 1.17. The topological polar surface area (TPSA) is 18.5 Å². The van der Waals surface area contributed by atoms with E-state index in [1.54, 1.807) is 23.5 Å². The molecule has 6 aromatic rings. The molecule has 6 rings (SSSR count). The van der Waals surface area contributed by atoms with E-state index in [4.69, 9.17) is 33.9 Å². The molecule has 258 valence electrons. The highest BCUT2D eigenvalue weighted by molar-refractivity contribution is 8.22. The van der Waals surface area contributed by atoms with Crippen LogP contribution in [0.4, 0.5) is 0 Å². The molecule has 0 N–H and O–H groups in total. The largest absolute Gasteiger partial charge is 0.470 e. The molecule has 0 aliphatic carbocycles. The molecule has 0 aliphatic rings. The van der Waals surface area contributed by atoms with Gasteiger partial charge >= 0.3 is 0 Å². The third kappa shape index (κ3) is 8.94. The molecular weight excluding hydrogens is 757 g/mol. The third-order valence-corrected chi connectivity index (χ3v) is 15.9. The first-order valence-corrected chi connectivity index (χ1v) is 23.2. The summed E-state index contributed by atoms with van der Waals surface area (Å²) in [4.78, 5) is 5.02. The summed E-state index contributed by atoms with van der Waals surface area (Å²) in [5.74, 6) is 2.06. The lowest BCUT2D eigenvalue weighted by Crippen LogP contribution is -2.05. The first-order chi connectivity index (χ1) is 23.9. The summed E-state index contributed by atoms with van der Waals surface area (Å²) in [6.07, 6.45) is 7.81. The van der Waals surface area contributed by atoms with E-state index in [1.807, 2.05) is 45.3 Å². The number of thiophene rings is 4. The van der Waals surface area contributed by atoms with Crippen molar-refractivity contribution in [1.82, 2.24) is 0 Å². The standard InChI is InChI=1S/C39H42O2S8/c1-5-9-11-21-45-39(43)41-29(8-4)33-19-17-31(47-33)25-13-15-27-35(23-25)49-36-26-14-12-24(22-34(26)48-37(27)36)30-16-18-32(46-30)28(7-3)40-38(42)44-20-10-6-2/h12-19,22-23,28-29H,5-11,20-21H2,1-4H3. The first kappa shape index (κ1) is 37.3. The fourth-order valence-corrected chi connectivity index (χ4v) is 12.9. The number of thiocarbonyl (C=S) groups is 2.